The van der Waals surface area contributed by atoms with E-state index in [0.717, 1.165) is 42.7 Å². The van der Waals surface area contributed by atoms with E-state index in [2.05, 4.69) is 5.32 Å². The predicted octanol–water partition coefficient (Wildman–Crippen LogP) is 6.38. The highest BCUT2D eigenvalue weighted by atomic mass is 35.5. The number of thiophene rings is 1. The first kappa shape index (κ1) is 23.8. The van der Waals surface area contributed by atoms with Crippen molar-refractivity contribution in [3.05, 3.63) is 64.0 Å². The maximum atomic E-state index is 13.4. The number of carbonyl (C=O) groups excluding carboxylic acids is 2. The fraction of sp³-hybridized carbons (Fsp3) is 0.269. The second-order valence-electron chi connectivity index (χ2n) is 8.91. The minimum Gasteiger partial charge on any atom is -0.478 e. The molecule has 1 aliphatic heterocycles. The van der Waals surface area contributed by atoms with Gasteiger partial charge >= 0.3 is 0 Å². The second-order valence-corrected chi connectivity index (χ2v) is 11.5. The molecule has 2 amide bonds. The van der Waals surface area contributed by atoms with E-state index in [1.165, 1.54) is 11.3 Å². The predicted molar refractivity (Wildman–Crippen MR) is 143 cm³/mol. The third kappa shape index (κ3) is 4.78. The monoisotopic (exact) mass is 525 g/mol. The minimum absolute atomic E-state index is 0.0497. The quantitative estimate of drug-likeness (QED) is 0.328. The molecule has 0 fully saturated rings. The Labute approximate surface area is 216 Å². The second kappa shape index (κ2) is 9.26. The summed E-state index contributed by atoms with van der Waals surface area (Å²) in [7, 11) is 0. The van der Waals surface area contributed by atoms with E-state index in [0.29, 0.717) is 23.9 Å². The van der Waals surface area contributed by atoms with Gasteiger partial charge in [-0.2, -0.15) is 0 Å². The zero-order valence-corrected chi connectivity index (χ0v) is 21.9. The molecular weight excluding hydrogens is 502 g/mol. The first-order valence-electron chi connectivity index (χ1n) is 11.2. The van der Waals surface area contributed by atoms with Crippen molar-refractivity contribution in [3.8, 4) is 16.3 Å². The molecule has 35 heavy (non-hydrogen) atoms. The van der Waals surface area contributed by atoms with Gasteiger partial charge in [0.1, 0.15) is 15.8 Å². The molecule has 0 spiro atoms. The van der Waals surface area contributed by atoms with Gasteiger partial charge in [-0.1, -0.05) is 23.7 Å². The third-order valence-electron chi connectivity index (χ3n) is 5.97. The largest absolute Gasteiger partial charge is 0.478 e. The molecule has 1 aliphatic rings. The number of para-hydroxylation sites is 1. The number of benzene rings is 2. The lowest BCUT2D eigenvalue weighted by atomic mass is 10.0. The summed E-state index contributed by atoms with van der Waals surface area (Å²) in [5.74, 6) is 0.342. The highest BCUT2D eigenvalue weighted by Crippen LogP contribution is 2.46. The van der Waals surface area contributed by atoms with Crippen LogP contribution in [0.3, 0.4) is 0 Å². The van der Waals surface area contributed by atoms with Crippen LogP contribution in [0.25, 0.3) is 20.8 Å². The number of hydrogen-bond acceptors (Lipinski definition) is 6. The molecular formula is C26H24ClN3O3S2. The fourth-order valence-electron chi connectivity index (χ4n) is 4.06. The average Bonchev–Trinajstić information content (AvgIpc) is 3.40. The van der Waals surface area contributed by atoms with Crippen LogP contribution in [0, 0.1) is 0 Å². The lowest BCUT2D eigenvalue weighted by Crippen LogP contribution is -2.42. The standard InChI is InChI=1S/C26H24ClN3O3S2/c1-15(31)30-13-12-18-21(14-30)35-24(22(18)23-28-19-6-4-5-7-20(19)34-23)29-25(32)26(2,3)33-17-10-8-16(27)9-11-17/h4-11H,12-14H2,1-3H3,(H,29,32). The number of nitrogens with zero attached hydrogens (tertiary/aromatic N) is 2. The number of nitrogens with one attached hydrogen (secondary N) is 1. The molecule has 0 saturated heterocycles. The lowest BCUT2D eigenvalue weighted by Gasteiger charge is -2.26. The van der Waals surface area contributed by atoms with Crippen molar-refractivity contribution in [3.63, 3.8) is 0 Å². The van der Waals surface area contributed by atoms with Crippen molar-refractivity contribution < 1.29 is 14.3 Å². The van der Waals surface area contributed by atoms with Crippen molar-refractivity contribution >= 4 is 61.3 Å². The van der Waals surface area contributed by atoms with Crippen molar-refractivity contribution in [2.24, 2.45) is 0 Å². The summed E-state index contributed by atoms with van der Waals surface area (Å²) >= 11 is 9.09. The van der Waals surface area contributed by atoms with Crippen LogP contribution in [-0.2, 0) is 22.6 Å². The first-order chi connectivity index (χ1) is 16.7. The van der Waals surface area contributed by atoms with Crippen molar-refractivity contribution in [2.45, 2.75) is 39.3 Å². The smallest absolute Gasteiger partial charge is 0.268 e. The molecule has 180 valence electrons. The Morgan fingerprint density at radius 3 is 2.57 bits per heavy atom. The Kier molecular flexibility index (Phi) is 6.29. The fourth-order valence-corrected chi connectivity index (χ4v) is 6.56. The highest BCUT2D eigenvalue weighted by molar-refractivity contribution is 7.23. The van der Waals surface area contributed by atoms with Crippen molar-refractivity contribution in [1.29, 1.82) is 0 Å². The van der Waals surface area contributed by atoms with E-state index in [4.69, 9.17) is 21.3 Å². The molecule has 5 rings (SSSR count). The first-order valence-corrected chi connectivity index (χ1v) is 13.2. The van der Waals surface area contributed by atoms with Gasteiger partial charge in [-0.05, 0) is 62.2 Å². The van der Waals surface area contributed by atoms with E-state index in [1.807, 2.05) is 29.2 Å². The van der Waals surface area contributed by atoms with Crippen LogP contribution < -0.4 is 10.1 Å². The molecule has 2 aromatic heterocycles. The Bertz CT molecular complexity index is 1390. The molecule has 0 unspecified atom stereocenters. The Balaban J connectivity index is 1.50. The Hall–Kier alpha value is -2.94. The van der Waals surface area contributed by atoms with Gasteiger partial charge in [-0.15, -0.1) is 22.7 Å². The van der Waals surface area contributed by atoms with Gasteiger partial charge in [0.05, 0.1) is 16.8 Å². The molecule has 1 N–H and O–H groups in total. The number of anilines is 1. The molecule has 0 radical (unpaired) electrons. The summed E-state index contributed by atoms with van der Waals surface area (Å²) < 4.78 is 7.09. The molecule has 4 aromatic rings. The number of aromatic nitrogens is 1. The number of amides is 2. The van der Waals surface area contributed by atoms with Gasteiger partial charge in [0.2, 0.25) is 5.91 Å². The number of fused-ring (bicyclic) bond motifs is 2. The van der Waals surface area contributed by atoms with E-state index < -0.39 is 5.60 Å². The summed E-state index contributed by atoms with van der Waals surface area (Å²) in [6, 6.07) is 14.9. The van der Waals surface area contributed by atoms with E-state index >= 15 is 0 Å². The Morgan fingerprint density at radius 2 is 1.86 bits per heavy atom. The zero-order chi connectivity index (χ0) is 24.7. The van der Waals surface area contributed by atoms with Gasteiger partial charge in [0.25, 0.3) is 5.91 Å². The molecule has 2 aromatic carbocycles. The van der Waals surface area contributed by atoms with Gasteiger partial charge in [-0.3, -0.25) is 9.59 Å². The van der Waals surface area contributed by atoms with Crippen LogP contribution >= 0.6 is 34.3 Å². The summed E-state index contributed by atoms with van der Waals surface area (Å²) in [5.41, 5.74) is 1.90. The van der Waals surface area contributed by atoms with E-state index in [9.17, 15) is 9.59 Å². The number of halogens is 1. The highest BCUT2D eigenvalue weighted by Gasteiger charge is 2.34. The van der Waals surface area contributed by atoms with Gasteiger partial charge in [-0.25, -0.2) is 4.98 Å². The Morgan fingerprint density at radius 1 is 1.11 bits per heavy atom. The maximum absolute atomic E-state index is 13.4. The number of ether oxygens (including phenoxy) is 1. The van der Waals surface area contributed by atoms with Gasteiger partial charge in [0, 0.05) is 28.9 Å². The van der Waals surface area contributed by atoms with Crippen LogP contribution in [0.15, 0.2) is 48.5 Å². The van der Waals surface area contributed by atoms with E-state index in [1.54, 1.807) is 56.4 Å². The average molecular weight is 526 g/mol. The molecule has 9 heteroatoms. The number of carbonyl (C=O) groups is 2. The van der Waals surface area contributed by atoms with Crippen LogP contribution in [0.4, 0.5) is 5.00 Å². The summed E-state index contributed by atoms with van der Waals surface area (Å²) in [6.45, 7) is 6.24. The molecule has 0 atom stereocenters. The lowest BCUT2D eigenvalue weighted by molar-refractivity contribution is -0.129. The summed E-state index contributed by atoms with van der Waals surface area (Å²) in [5, 5.41) is 5.32. The van der Waals surface area contributed by atoms with Crippen LogP contribution in [0.1, 0.15) is 31.2 Å². The normalized spacial score (nSPS) is 13.5. The SMILES string of the molecule is CC(=O)N1CCc2c(sc(NC(=O)C(C)(C)Oc3ccc(Cl)cc3)c2-c2nc3ccccc3s2)C1. The molecule has 6 nitrogen and oxygen atoms in total. The number of thiazole rings is 1. The van der Waals surface area contributed by atoms with Crippen LogP contribution in [0.5, 0.6) is 5.75 Å². The maximum Gasteiger partial charge on any atom is 0.268 e. The van der Waals surface area contributed by atoms with Crippen molar-refractivity contribution in [2.75, 3.05) is 11.9 Å². The van der Waals surface area contributed by atoms with Gasteiger partial charge in [0.15, 0.2) is 5.60 Å². The minimum atomic E-state index is -1.13. The number of hydrogen-bond donors (Lipinski definition) is 1. The summed E-state index contributed by atoms with van der Waals surface area (Å²) in [4.78, 5) is 33.2. The molecule has 3 heterocycles. The van der Waals surface area contributed by atoms with Crippen molar-refractivity contribution in [1.82, 2.24) is 9.88 Å². The third-order valence-corrected chi connectivity index (χ3v) is 8.41. The van der Waals surface area contributed by atoms with E-state index in [-0.39, 0.29) is 11.8 Å². The van der Waals surface area contributed by atoms with Gasteiger partial charge < -0.3 is 15.0 Å². The molecule has 0 saturated carbocycles. The topological polar surface area (TPSA) is 71.5 Å². The molecule has 0 aliphatic carbocycles. The number of rotatable bonds is 5. The zero-order valence-electron chi connectivity index (χ0n) is 19.6. The van der Waals surface area contributed by atoms with Crippen LogP contribution in [-0.4, -0.2) is 33.8 Å². The van der Waals surface area contributed by atoms with Crippen LogP contribution in [0.2, 0.25) is 5.02 Å². The summed E-state index contributed by atoms with van der Waals surface area (Å²) in [6.07, 6.45) is 0.719. The molecule has 0 bridgehead atoms.